The normalized spacial score (nSPS) is 10.9. The highest BCUT2D eigenvalue weighted by Gasteiger charge is 2.13. The molecule has 0 radical (unpaired) electrons. The van der Waals surface area contributed by atoms with Crippen LogP contribution < -0.4 is 10.1 Å². The summed E-state index contributed by atoms with van der Waals surface area (Å²) in [6.45, 7) is 0. The van der Waals surface area contributed by atoms with Crippen molar-refractivity contribution < 1.29 is 9.53 Å². The minimum absolute atomic E-state index is 0.217. The van der Waals surface area contributed by atoms with Crippen molar-refractivity contribution in [2.45, 2.75) is 0 Å². The van der Waals surface area contributed by atoms with Gasteiger partial charge in [0.05, 0.1) is 23.2 Å². The van der Waals surface area contributed by atoms with E-state index >= 15 is 0 Å². The minimum atomic E-state index is -0.217. The molecule has 1 N–H and O–H groups in total. The molecule has 0 spiro atoms. The van der Waals surface area contributed by atoms with Gasteiger partial charge in [0.1, 0.15) is 5.75 Å². The molecule has 0 aliphatic rings. The second kappa shape index (κ2) is 7.96. The van der Waals surface area contributed by atoms with E-state index in [1.807, 2.05) is 36.4 Å². The summed E-state index contributed by atoms with van der Waals surface area (Å²) in [6, 6.07) is 18.3. The first-order valence-electron chi connectivity index (χ1n) is 9.38. The molecule has 1 amide bonds. The van der Waals surface area contributed by atoms with Gasteiger partial charge in [-0.3, -0.25) is 9.78 Å². The topological polar surface area (TPSA) is 94.3 Å². The van der Waals surface area contributed by atoms with Gasteiger partial charge in [-0.1, -0.05) is 18.2 Å². The lowest BCUT2D eigenvalue weighted by Gasteiger charge is -2.09. The SMILES string of the molecule is COc1cccc(C(=O)Nc2cccc(-c3ccc4nnc(-c5cncs5)n4n3)c2)c1. The summed E-state index contributed by atoms with van der Waals surface area (Å²) in [6.07, 6.45) is 1.74. The van der Waals surface area contributed by atoms with Crippen LogP contribution in [0.1, 0.15) is 10.4 Å². The van der Waals surface area contributed by atoms with Gasteiger partial charge in [-0.05, 0) is 42.5 Å². The maximum atomic E-state index is 12.6. The van der Waals surface area contributed by atoms with E-state index in [1.165, 1.54) is 11.3 Å². The highest BCUT2D eigenvalue weighted by molar-refractivity contribution is 7.13. The highest BCUT2D eigenvalue weighted by Crippen LogP contribution is 2.25. The number of ether oxygens (including phenoxy) is 1. The predicted octanol–water partition coefficient (Wildman–Crippen LogP) is 4.18. The van der Waals surface area contributed by atoms with Crippen LogP contribution in [0.3, 0.4) is 0 Å². The highest BCUT2D eigenvalue weighted by atomic mass is 32.1. The van der Waals surface area contributed by atoms with E-state index in [1.54, 1.807) is 47.6 Å². The average molecular weight is 428 g/mol. The number of benzene rings is 2. The van der Waals surface area contributed by atoms with Crippen molar-refractivity contribution in [1.29, 1.82) is 0 Å². The molecule has 2 aromatic carbocycles. The number of anilines is 1. The summed E-state index contributed by atoms with van der Waals surface area (Å²) < 4.78 is 6.89. The Balaban J connectivity index is 1.45. The molecule has 3 aromatic heterocycles. The number of carbonyl (C=O) groups is 1. The fourth-order valence-electron chi connectivity index (χ4n) is 3.15. The van der Waals surface area contributed by atoms with Gasteiger partial charge < -0.3 is 10.1 Å². The second-order valence-corrected chi connectivity index (χ2v) is 7.53. The zero-order valence-corrected chi connectivity index (χ0v) is 17.2. The van der Waals surface area contributed by atoms with E-state index in [9.17, 15) is 4.79 Å². The van der Waals surface area contributed by atoms with Crippen molar-refractivity contribution in [3.05, 3.63) is 77.9 Å². The molecule has 0 fully saturated rings. The van der Waals surface area contributed by atoms with Crippen LogP contribution >= 0.6 is 11.3 Å². The molecule has 8 nitrogen and oxygen atoms in total. The lowest BCUT2D eigenvalue weighted by Crippen LogP contribution is -2.11. The smallest absolute Gasteiger partial charge is 0.255 e. The van der Waals surface area contributed by atoms with Gasteiger partial charge in [0.25, 0.3) is 5.91 Å². The number of carbonyl (C=O) groups excluding carboxylic acids is 1. The van der Waals surface area contributed by atoms with E-state index in [2.05, 4.69) is 20.5 Å². The van der Waals surface area contributed by atoms with Crippen molar-refractivity contribution in [3.63, 3.8) is 0 Å². The van der Waals surface area contributed by atoms with E-state index in [4.69, 9.17) is 9.84 Å². The number of nitrogens with zero attached hydrogens (tertiary/aromatic N) is 5. The van der Waals surface area contributed by atoms with Crippen LogP contribution in [-0.2, 0) is 0 Å². The summed E-state index contributed by atoms with van der Waals surface area (Å²) in [5, 5.41) is 16.0. The molecular weight excluding hydrogens is 412 g/mol. The third-order valence-corrected chi connectivity index (χ3v) is 5.43. The summed E-state index contributed by atoms with van der Waals surface area (Å²) in [4.78, 5) is 17.6. The van der Waals surface area contributed by atoms with Gasteiger partial charge in [-0.15, -0.1) is 21.5 Å². The molecule has 0 atom stereocenters. The standard InChI is InChI=1S/C22H16N6O2S/c1-30-17-7-3-5-15(11-17)22(29)24-16-6-2-4-14(10-16)18-8-9-20-25-26-21(28(20)27-18)19-12-23-13-31-19/h2-13H,1H3,(H,24,29). The average Bonchev–Trinajstić information content (AvgIpc) is 3.48. The number of hydrogen-bond donors (Lipinski definition) is 1. The van der Waals surface area contributed by atoms with Crippen LogP contribution in [0, 0.1) is 0 Å². The summed E-state index contributed by atoms with van der Waals surface area (Å²) >= 11 is 1.48. The molecule has 152 valence electrons. The van der Waals surface area contributed by atoms with Crippen LogP contribution in [0.25, 0.3) is 27.6 Å². The van der Waals surface area contributed by atoms with E-state index in [0.29, 0.717) is 28.5 Å². The molecule has 3 heterocycles. The van der Waals surface area contributed by atoms with E-state index in [0.717, 1.165) is 16.1 Å². The second-order valence-electron chi connectivity index (χ2n) is 6.64. The van der Waals surface area contributed by atoms with Crippen LogP contribution in [0.15, 0.2) is 72.4 Å². The Kier molecular flexibility index (Phi) is 4.85. The van der Waals surface area contributed by atoms with Crippen molar-refractivity contribution in [2.24, 2.45) is 0 Å². The zero-order valence-electron chi connectivity index (χ0n) is 16.4. The summed E-state index contributed by atoms with van der Waals surface area (Å²) in [7, 11) is 1.57. The first kappa shape index (κ1) is 18.9. The molecule has 0 aliphatic carbocycles. The molecule has 0 saturated heterocycles. The van der Waals surface area contributed by atoms with E-state index in [-0.39, 0.29) is 5.91 Å². The third-order valence-electron chi connectivity index (χ3n) is 4.66. The molecule has 5 rings (SSSR count). The Labute approximate surface area is 181 Å². The number of methoxy groups -OCH3 is 1. The first-order chi connectivity index (χ1) is 15.2. The molecule has 0 unspecified atom stereocenters. The van der Waals surface area contributed by atoms with Crippen molar-refractivity contribution >= 4 is 28.6 Å². The Morgan fingerprint density at radius 3 is 2.81 bits per heavy atom. The lowest BCUT2D eigenvalue weighted by atomic mass is 10.1. The Morgan fingerprint density at radius 1 is 1.06 bits per heavy atom. The predicted molar refractivity (Wildman–Crippen MR) is 118 cm³/mol. The molecular formula is C22H16N6O2S. The van der Waals surface area contributed by atoms with E-state index < -0.39 is 0 Å². The van der Waals surface area contributed by atoms with Crippen molar-refractivity contribution in [2.75, 3.05) is 12.4 Å². The number of nitrogens with one attached hydrogen (secondary N) is 1. The minimum Gasteiger partial charge on any atom is -0.497 e. The fourth-order valence-corrected chi connectivity index (χ4v) is 3.74. The molecule has 31 heavy (non-hydrogen) atoms. The monoisotopic (exact) mass is 428 g/mol. The number of thiazole rings is 1. The van der Waals surface area contributed by atoms with Gasteiger partial charge in [0, 0.05) is 23.0 Å². The maximum Gasteiger partial charge on any atom is 0.255 e. The number of aromatic nitrogens is 5. The molecule has 0 aliphatic heterocycles. The lowest BCUT2D eigenvalue weighted by molar-refractivity contribution is 0.102. The van der Waals surface area contributed by atoms with Crippen LogP contribution in [0.4, 0.5) is 5.69 Å². The Bertz CT molecular complexity index is 1380. The number of rotatable bonds is 5. The quantitative estimate of drug-likeness (QED) is 0.451. The maximum absolute atomic E-state index is 12.6. The number of amides is 1. The zero-order chi connectivity index (χ0) is 21.2. The molecule has 9 heteroatoms. The third kappa shape index (κ3) is 3.74. The van der Waals surface area contributed by atoms with Gasteiger partial charge in [0.15, 0.2) is 11.5 Å². The van der Waals surface area contributed by atoms with Gasteiger partial charge in [0.2, 0.25) is 0 Å². The summed E-state index contributed by atoms with van der Waals surface area (Å²) in [5.41, 5.74) is 5.16. The van der Waals surface area contributed by atoms with Crippen LogP contribution in [0.5, 0.6) is 5.75 Å². The van der Waals surface area contributed by atoms with Gasteiger partial charge >= 0.3 is 0 Å². The van der Waals surface area contributed by atoms with Crippen LogP contribution in [0.2, 0.25) is 0 Å². The first-order valence-corrected chi connectivity index (χ1v) is 10.3. The molecule has 0 saturated carbocycles. The fraction of sp³-hybridized carbons (Fsp3) is 0.0455. The number of fused-ring (bicyclic) bond motifs is 1. The number of hydrogen-bond acceptors (Lipinski definition) is 7. The van der Waals surface area contributed by atoms with Crippen molar-refractivity contribution in [1.82, 2.24) is 24.8 Å². The molecule has 0 bridgehead atoms. The van der Waals surface area contributed by atoms with Gasteiger partial charge in [-0.25, -0.2) is 0 Å². The largest absolute Gasteiger partial charge is 0.497 e. The van der Waals surface area contributed by atoms with Crippen molar-refractivity contribution in [3.8, 4) is 27.7 Å². The Hall–Kier alpha value is -4.11. The molecule has 5 aromatic rings. The van der Waals surface area contributed by atoms with Gasteiger partial charge in [-0.2, -0.15) is 9.61 Å². The summed E-state index contributed by atoms with van der Waals surface area (Å²) in [5.74, 6) is 1.05. The Morgan fingerprint density at radius 2 is 1.97 bits per heavy atom. The van der Waals surface area contributed by atoms with Crippen LogP contribution in [-0.4, -0.2) is 37.8 Å².